The van der Waals surface area contributed by atoms with Gasteiger partial charge in [-0.15, -0.1) is 0 Å². The van der Waals surface area contributed by atoms with Crippen LogP contribution in [0.3, 0.4) is 0 Å². The molecule has 4 heteroatoms. The van der Waals surface area contributed by atoms with E-state index >= 15 is 0 Å². The number of hydrogen-bond acceptors (Lipinski definition) is 3. The lowest BCUT2D eigenvalue weighted by atomic mass is 10.0. The third kappa shape index (κ3) is 2.78. The van der Waals surface area contributed by atoms with Crippen LogP contribution in [0, 0.1) is 0 Å². The second-order valence-electron chi connectivity index (χ2n) is 3.52. The summed E-state index contributed by atoms with van der Waals surface area (Å²) in [7, 11) is 0. The highest BCUT2D eigenvalue weighted by molar-refractivity contribution is 6.30. The first-order valence-corrected chi connectivity index (χ1v) is 5.32. The zero-order chi connectivity index (χ0) is 11.4. The first kappa shape index (κ1) is 11.0. The van der Waals surface area contributed by atoms with Crippen LogP contribution in [0.2, 0.25) is 5.02 Å². The molecule has 0 saturated heterocycles. The number of aliphatic hydroxyl groups is 1. The van der Waals surface area contributed by atoms with E-state index in [0.717, 1.165) is 11.1 Å². The maximum absolute atomic E-state index is 9.94. The van der Waals surface area contributed by atoms with Crippen LogP contribution in [0.1, 0.15) is 17.2 Å². The Hall–Kier alpha value is -1.45. The first-order valence-electron chi connectivity index (χ1n) is 4.95. The third-order valence-corrected chi connectivity index (χ3v) is 2.59. The van der Waals surface area contributed by atoms with Gasteiger partial charge >= 0.3 is 0 Å². The lowest BCUT2D eigenvalue weighted by molar-refractivity contribution is 0.178. The van der Waals surface area contributed by atoms with Gasteiger partial charge in [0.1, 0.15) is 0 Å². The van der Waals surface area contributed by atoms with Crippen LogP contribution in [0.4, 0.5) is 0 Å². The molecular weight excluding hydrogens is 224 g/mol. The molecule has 1 aromatic carbocycles. The van der Waals surface area contributed by atoms with E-state index in [0.29, 0.717) is 11.4 Å². The van der Waals surface area contributed by atoms with Crippen LogP contribution in [0.15, 0.2) is 42.7 Å². The lowest BCUT2D eigenvalue weighted by Gasteiger charge is -2.09. The highest BCUT2D eigenvalue weighted by Crippen LogP contribution is 2.18. The molecule has 0 fully saturated rings. The third-order valence-electron chi connectivity index (χ3n) is 2.33. The minimum Gasteiger partial charge on any atom is -0.388 e. The van der Waals surface area contributed by atoms with E-state index in [1.807, 2.05) is 24.3 Å². The molecule has 2 aromatic rings. The minimum atomic E-state index is -0.559. The van der Waals surface area contributed by atoms with E-state index in [1.165, 1.54) is 0 Å². The van der Waals surface area contributed by atoms with E-state index in [2.05, 4.69) is 10.2 Å². The van der Waals surface area contributed by atoms with E-state index in [4.69, 9.17) is 11.6 Å². The van der Waals surface area contributed by atoms with Gasteiger partial charge in [-0.25, -0.2) is 0 Å². The van der Waals surface area contributed by atoms with Crippen molar-refractivity contribution >= 4 is 11.6 Å². The van der Waals surface area contributed by atoms with Crippen molar-refractivity contribution in [3.63, 3.8) is 0 Å². The topological polar surface area (TPSA) is 46.0 Å². The van der Waals surface area contributed by atoms with Crippen LogP contribution < -0.4 is 0 Å². The summed E-state index contributed by atoms with van der Waals surface area (Å²) in [6.45, 7) is 0. The molecule has 16 heavy (non-hydrogen) atoms. The number of halogens is 1. The van der Waals surface area contributed by atoms with Crippen molar-refractivity contribution in [2.24, 2.45) is 0 Å². The fourth-order valence-corrected chi connectivity index (χ4v) is 1.59. The Morgan fingerprint density at radius 2 is 1.88 bits per heavy atom. The van der Waals surface area contributed by atoms with Crippen LogP contribution in [0.5, 0.6) is 0 Å². The van der Waals surface area contributed by atoms with Gasteiger partial charge in [-0.2, -0.15) is 10.2 Å². The second kappa shape index (κ2) is 5.05. The zero-order valence-corrected chi connectivity index (χ0v) is 9.30. The lowest BCUT2D eigenvalue weighted by Crippen LogP contribution is -2.02. The van der Waals surface area contributed by atoms with Crippen LogP contribution >= 0.6 is 11.6 Å². The quantitative estimate of drug-likeness (QED) is 0.887. The second-order valence-corrected chi connectivity index (χ2v) is 3.96. The Kier molecular flexibility index (Phi) is 3.49. The summed E-state index contributed by atoms with van der Waals surface area (Å²) >= 11 is 5.78. The normalized spacial score (nSPS) is 12.4. The molecule has 1 N–H and O–H groups in total. The van der Waals surface area contributed by atoms with Crippen LogP contribution in [-0.2, 0) is 6.42 Å². The van der Waals surface area contributed by atoms with Gasteiger partial charge in [0.2, 0.25) is 0 Å². The number of nitrogens with zero attached hydrogens (tertiary/aromatic N) is 2. The number of hydrogen-bond donors (Lipinski definition) is 1. The summed E-state index contributed by atoms with van der Waals surface area (Å²) in [6, 6.07) is 9.19. The predicted molar refractivity (Wildman–Crippen MR) is 62.1 cm³/mol. The van der Waals surface area contributed by atoms with Gasteiger partial charge in [-0.1, -0.05) is 23.7 Å². The molecule has 0 aliphatic rings. The molecule has 1 heterocycles. The fourth-order valence-electron chi connectivity index (χ4n) is 1.46. The molecule has 0 bridgehead atoms. The summed E-state index contributed by atoms with van der Waals surface area (Å²) in [5.41, 5.74) is 1.80. The molecule has 0 amide bonds. The summed E-state index contributed by atoms with van der Waals surface area (Å²) in [5, 5.41) is 18.0. The van der Waals surface area contributed by atoms with Crippen molar-refractivity contribution in [1.82, 2.24) is 10.2 Å². The predicted octanol–water partition coefficient (Wildman–Crippen LogP) is 2.41. The molecule has 0 saturated carbocycles. The average Bonchev–Trinajstić information content (AvgIpc) is 2.33. The summed E-state index contributed by atoms with van der Waals surface area (Å²) in [4.78, 5) is 0. The van der Waals surface area contributed by atoms with Crippen molar-refractivity contribution in [2.75, 3.05) is 0 Å². The smallest absolute Gasteiger partial charge is 0.0846 e. The van der Waals surface area contributed by atoms with Crippen LogP contribution in [-0.4, -0.2) is 15.3 Å². The van der Waals surface area contributed by atoms with Gasteiger partial charge in [0.25, 0.3) is 0 Å². The molecule has 2 rings (SSSR count). The molecule has 82 valence electrons. The Bertz CT molecular complexity index is 444. The average molecular weight is 235 g/mol. The van der Waals surface area contributed by atoms with E-state index in [1.54, 1.807) is 18.5 Å². The Morgan fingerprint density at radius 1 is 1.12 bits per heavy atom. The molecule has 0 aliphatic carbocycles. The molecule has 0 spiro atoms. The highest BCUT2D eigenvalue weighted by atomic mass is 35.5. The highest BCUT2D eigenvalue weighted by Gasteiger charge is 2.08. The largest absolute Gasteiger partial charge is 0.388 e. The minimum absolute atomic E-state index is 0.545. The van der Waals surface area contributed by atoms with Gasteiger partial charge in [0.05, 0.1) is 12.3 Å². The van der Waals surface area contributed by atoms with E-state index in [9.17, 15) is 5.11 Å². The van der Waals surface area contributed by atoms with Crippen LogP contribution in [0.25, 0.3) is 0 Å². The SMILES string of the molecule is OC(Cc1ccc(Cl)cc1)c1ccnnc1. The Labute approximate surface area is 98.7 Å². The first-order chi connectivity index (χ1) is 7.75. The molecule has 0 aliphatic heterocycles. The van der Waals surface area contributed by atoms with Gasteiger partial charge in [0, 0.05) is 23.2 Å². The standard InChI is InChI=1S/C12H11ClN2O/c13-11-3-1-9(2-4-11)7-12(16)10-5-6-14-15-8-10/h1-6,8,12,16H,7H2. The van der Waals surface area contributed by atoms with E-state index in [-0.39, 0.29) is 0 Å². The fraction of sp³-hybridized carbons (Fsp3) is 0.167. The molecule has 3 nitrogen and oxygen atoms in total. The van der Waals surface area contributed by atoms with Gasteiger partial charge < -0.3 is 5.11 Å². The summed E-state index contributed by atoms with van der Waals surface area (Å²) in [5.74, 6) is 0. The summed E-state index contributed by atoms with van der Waals surface area (Å²) < 4.78 is 0. The zero-order valence-electron chi connectivity index (χ0n) is 8.55. The van der Waals surface area contributed by atoms with Crippen molar-refractivity contribution in [1.29, 1.82) is 0 Å². The Morgan fingerprint density at radius 3 is 2.50 bits per heavy atom. The number of aliphatic hydroxyl groups excluding tert-OH is 1. The van der Waals surface area contributed by atoms with Crippen molar-refractivity contribution in [2.45, 2.75) is 12.5 Å². The van der Waals surface area contributed by atoms with Crippen molar-refractivity contribution in [3.05, 3.63) is 58.9 Å². The number of rotatable bonds is 3. The van der Waals surface area contributed by atoms with Gasteiger partial charge in [-0.05, 0) is 23.8 Å². The summed E-state index contributed by atoms with van der Waals surface area (Å²) in [6.07, 6.45) is 3.13. The van der Waals surface area contributed by atoms with Gasteiger partial charge in [-0.3, -0.25) is 0 Å². The molecule has 1 aromatic heterocycles. The molecular formula is C12H11ClN2O. The molecule has 1 unspecified atom stereocenters. The number of benzene rings is 1. The van der Waals surface area contributed by atoms with Crippen molar-refractivity contribution < 1.29 is 5.11 Å². The Balaban J connectivity index is 2.08. The molecule has 1 atom stereocenters. The van der Waals surface area contributed by atoms with E-state index < -0.39 is 6.10 Å². The maximum Gasteiger partial charge on any atom is 0.0846 e. The monoisotopic (exact) mass is 234 g/mol. The maximum atomic E-state index is 9.94. The molecule has 0 radical (unpaired) electrons. The van der Waals surface area contributed by atoms with Gasteiger partial charge in [0.15, 0.2) is 0 Å². The van der Waals surface area contributed by atoms with Crippen molar-refractivity contribution in [3.8, 4) is 0 Å². The number of aromatic nitrogens is 2.